The highest BCUT2D eigenvalue weighted by Crippen LogP contribution is 2.29. The molecule has 51 heavy (non-hydrogen) atoms. The first kappa shape index (κ1) is 34.4. The second-order valence-electron chi connectivity index (χ2n) is 14.4. The van der Waals surface area contributed by atoms with Crippen molar-refractivity contribution < 1.29 is 14.3 Å². The first-order valence-electron chi connectivity index (χ1n) is 17.5. The summed E-state index contributed by atoms with van der Waals surface area (Å²) >= 11 is 0. The number of amides is 2. The third kappa shape index (κ3) is 8.29. The molecule has 2 aliphatic rings. The van der Waals surface area contributed by atoms with E-state index in [4.69, 9.17) is 9.84 Å². The maximum Gasteiger partial charge on any atom is 0.236 e. The van der Waals surface area contributed by atoms with Gasteiger partial charge >= 0.3 is 0 Å². The number of benzene rings is 2. The Labute approximate surface area is 297 Å². The van der Waals surface area contributed by atoms with Crippen LogP contribution in [0.4, 0.5) is 11.4 Å². The molecule has 0 spiro atoms. The van der Waals surface area contributed by atoms with Crippen molar-refractivity contribution in [2.24, 2.45) is 5.92 Å². The predicted molar refractivity (Wildman–Crippen MR) is 196 cm³/mol. The number of ether oxygens (including phenoxy) is 1. The zero-order valence-electron chi connectivity index (χ0n) is 29.3. The Hall–Kier alpha value is -5.06. The van der Waals surface area contributed by atoms with Crippen LogP contribution in [0.25, 0.3) is 33.8 Å². The number of hydrogen-bond acceptors (Lipinski definition) is 11. The van der Waals surface area contributed by atoms with Crippen LogP contribution in [0, 0.1) is 5.92 Å². The molecule has 16 heteroatoms. The topological polar surface area (TPSA) is 163 Å². The normalized spacial score (nSPS) is 17.0. The zero-order valence-corrected chi connectivity index (χ0v) is 30.3. The van der Waals surface area contributed by atoms with Gasteiger partial charge in [0.1, 0.15) is 12.4 Å². The van der Waals surface area contributed by atoms with E-state index in [0.29, 0.717) is 75.5 Å². The number of nitrogens with zero attached hydrogens (tertiary/aromatic N) is 10. The molecule has 15 nitrogen and oxygen atoms in total. The van der Waals surface area contributed by atoms with Crippen LogP contribution < -0.4 is 10.2 Å². The van der Waals surface area contributed by atoms with E-state index in [1.54, 1.807) is 23.1 Å². The Bertz CT molecular complexity index is 1940. The minimum atomic E-state index is -1.22. The average molecular weight is 709 g/mol. The van der Waals surface area contributed by atoms with Crippen molar-refractivity contribution in [2.45, 2.75) is 38.8 Å². The molecule has 0 radical (unpaired) electrons. The smallest absolute Gasteiger partial charge is 0.236 e. The highest BCUT2D eigenvalue weighted by atomic mass is 28.3. The highest BCUT2D eigenvalue weighted by molar-refractivity contribution is 6.76. The van der Waals surface area contributed by atoms with Crippen molar-refractivity contribution in [3.05, 3.63) is 60.9 Å². The third-order valence-corrected chi connectivity index (χ3v) is 11.2. The van der Waals surface area contributed by atoms with E-state index in [1.165, 1.54) is 0 Å². The number of carbonyl (C=O) groups is 2. The average Bonchev–Trinajstić information content (AvgIpc) is 3.91. The van der Waals surface area contributed by atoms with Crippen LogP contribution in [0.3, 0.4) is 0 Å². The molecule has 2 N–H and O–H groups in total. The number of tetrazole rings is 1. The molecular weight excluding hydrogens is 665 g/mol. The fourth-order valence-electron chi connectivity index (χ4n) is 6.52. The first-order valence-corrected chi connectivity index (χ1v) is 21.2. The van der Waals surface area contributed by atoms with Gasteiger partial charge < -0.3 is 19.9 Å². The van der Waals surface area contributed by atoms with Crippen LogP contribution in [-0.4, -0.2) is 122 Å². The maximum absolute atomic E-state index is 13.4. The number of aromatic nitrogens is 8. The van der Waals surface area contributed by atoms with Crippen LogP contribution >= 0.6 is 0 Å². The minimum absolute atomic E-state index is 0.0639. The molecular formula is C35H44N12O3Si. The second kappa shape index (κ2) is 15.0. The molecule has 1 atom stereocenters. The van der Waals surface area contributed by atoms with Gasteiger partial charge in [0.05, 0.1) is 18.0 Å². The SMILES string of the molecule is C[Si](C)(C)CCOCn1nc(-c2nn[nH]n2)c2cc(NC(=O)[C@@H]3CCN(CC(=O)N4CCN(c5ccc(-c6ncccn6)cc5)CC4)C3)ccc21. The summed E-state index contributed by atoms with van der Waals surface area (Å²) in [5, 5.41) is 23.1. The van der Waals surface area contributed by atoms with Crippen molar-refractivity contribution in [1.82, 2.24) is 50.2 Å². The van der Waals surface area contributed by atoms with Crippen LogP contribution in [-0.2, 0) is 21.1 Å². The van der Waals surface area contributed by atoms with Crippen molar-refractivity contribution in [3.8, 4) is 22.9 Å². The Morgan fingerprint density at radius 2 is 1.76 bits per heavy atom. The summed E-state index contributed by atoms with van der Waals surface area (Å²) in [4.78, 5) is 41.6. The molecule has 0 bridgehead atoms. The van der Waals surface area contributed by atoms with E-state index in [9.17, 15) is 9.59 Å². The van der Waals surface area contributed by atoms with Crippen molar-refractivity contribution >= 4 is 42.2 Å². The number of fused-ring (bicyclic) bond motifs is 1. The zero-order chi connectivity index (χ0) is 35.4. The Kier molecular flexibility index (Phi) is 10.1. The summed E-state index contributed by atoms with van der Waals surface area (Å²) in [5.41, 5.74) is 4.17. The fourth-order valence-corrected chi connectivity index (χ4v) is 7.28. The van der Waals surface area contributed by atoms with Crippen LogP contribution in [0.5, 0.6) is 0 Å². The lowest BCUT2D eigenvalue weighted by Gasteiger charge is -2.36. The Morgan fingerprint density at radius 1 is 0.980 bits per heavy atom. The molecule has 2 fully saturated rings. The molecule has 0 saturated carbocycles. The number of rotatable bonds is 12. The Morgan fingerprint density at radius 3 is 2.49 bits per heavy atom. The quantitative estimate of drug-likeness (QED) is 0.144. The van der Waals surface area contributed by atoms with Gasteiger partial charge in [-0.25, -0.2) is 14.6 Å². The number of carbonyl (C=O) groups excluding carboxylic acids is 2. The van der Waals surface area contributed by atoms with Crippen molar-refractivity contribution in [1.29, 1.82) is 0 Å². The molecule has 0 unspecified atom stereocenters. The molecule has 2 saturated heterocycles. The molecule has 266 valence electrons. The molecule has 0 aliphatic carbocycles. The van der Waals surface area contributed by atoms with E-state index >= 15 is 0 Å². The van der Waals surface area contributed by atoms with Crippen molar-refractivity contribution in [2.75, 3.05) is 62.6 Å². The second-order valence-corrected chi connectivity index (χ2v) is 20.0. The first-order chi connectivity index (χ1) is 24.7. The van der Waals surface area contributed by atoms with E-state index in [0.717, 1.165) is 41.3 Å². The third-order valence-electron chi connectivity index (χ3n) is 9.48. The monoisotopic (exact) mass is 708 g/mol. The summed E-state index contributed by atoms with van der Waals surface area (Å²) in [6, 6.07) is 16.8. The largest absolute Gasteiger partial charge is 0.368 e. The van der Waals surface area contributed by atoms with Gasteiger partial charge in [-0.05, 0) is 72.8 Å². The fraction of sp³-hybridized carbons (Fsp3) is 0.429. The molecule has 7 rings (SSSR count). The van der Waals surface area contributed by atoms with Gasteiger partial charge in [-0.15, -0.1) is 10.2 Å². The summed E-state index contributed by atoms with van der Waals surface area (Å²) in [7, 11) is -1.22. The van der Waals surface area contributed by atoms with E-state index in [-0.39, 0.29) is 17.7 Å². The van der Waals surface area contributed by atoms with Gasteiger partial charge in [0, 0.05) is 82.1 Å². The molecule has 2 aromatic carbocycles. The standard InChI is InChI=1S/C35H44N12O3Si/c1-51(2,3)20-19-50-24-47-30-10-7-27(21-29(30)32(41-47)34-39-42-43-40-34)38-35(49)26-11-14-44(22-26)23-31(48)46-17-15-45(16-18-46)28-8-5-25(6-9-28)33-36-12-4-13-37-33/h4-10,12-13,21,26H,11,14-20,22-24H2,1-3H3,(H,38,49)(H,39,40,42,43)/t26-/m1/s1. The van der Waals surface area contributed by atoms with Gasteiger partial charge in [-0.2, -0.15) is 10.3 Å². The van der Waals surface area contributed by atoms with Gasteiger partial charge in [0.2, 0.25) is 17.6 Å². The number of likely N-dealkylation sites (tertiary alicyclic amines) is 1. The highest BCUT2D eigenvalue weighted by Gasteiger charge is 2.31. The lowest BCUT2D eigenvalue weighted by Crippen LogP contribution is -2.51. The number of hydrogen-bond donors (Lipinski definition) is 2. The van der Waals surface area contributed by atoms with Gasteiger partial charge in [-0.3, -0.25) is 14.5 Å². The molecule has 2 amide bonds. The lowest BCUT2D eigenvalue weighted by atomic mass is 10.1. The van der Waals surface area contributed by atoms with Crippen LogP contribution in [0.1, 0.15) is 6.42 Å². The number of aromatic amines is 1. The molecule has 5 heterocycles. The maximum atomic E-state index is 13.4. The number of piperazine rings is 1. The number of H-pyrrole nitrogens is 1. The van der Waals surface area contributed by atoms with Crippen LogP contribution in [0.2, 0.25) is 25.7 Å². The summed E-state index contributed by atoms with van der Waals surface area (Å²) in [6.45, 7) is 12.3. The number of anilines is 2. The van der Waals surface area contributed by atoms with E-state index < -0.39 is 8.07 Å². The molecule has 2 aliphatic heterocycles. The summed E-state index contributed by atoms with van der Waals surface area (Å²) in [5.74, 6) is 0.902. The molecule has 5 aromatic rings. The summed E-state index contributed by atoms with van der Waals surface area (Å²) in [6.07, 6.45) is 4.18. The Balaban J connectivity index is 0.909. The van der Waals surface area contributed by atoms with E-state index in [1.807, 2.05) is 35.2 Å². The predicted octanol–water partition coefficient (Wildman–Crippen LogP) is 3.59. The van der Waals surface area contributed by atoms with Gasteiger partial charge in [-0.1, -0.05) is 19.6 Å². The van der Waals surface area contributed by atoms with E-state index in [2.05, 4.69) is 77.5 Å². The lowest BCUT2D eigenvalue weighted by molar-refractivity contribution is -0.132. The van der Waals surface area contributed by atoms with Crippen LogP contribution in [0.15, 0.2) is 60.9 Å². The van der Waals surface area contributed by atoms with Crippen molar-refractivity contribution in [3.63, 3.8) is 0 Å². The number of nitrogens with one attached hydrogen (secondary N) is 2. The molecule has 3 aromatic heterocycles. The summed E-state index contributed by atoms with van der Waals surface area (Å²) < 4.78 is 7.77. The van der Waals surface area contributed by atoms with Gasteiger partial charge in [0.25, 0.3) is 0 Å². The van der Waals surface area contributed by atoms with Gasteiger partial charge in [0.15, 0.2) is 5.82 Å². The minimum Gasteiger partial charge on any atom is -0.368 e.